The minimum Gasteiger partial charge on any atom is -0.497 e. The number of thiophene rings is 1. The molecule has 0 saturated carbocycles. The monoisotopic (exact) mass is 419 g/mol. The molecule has 1 saturated heterocycles. The molecule has 28 heavy (non-hydrogen) atoms. The number of amides is 1. The summed E-state index contributed by atoms with van der Waals surface area (Å²) in [6.07, 6.45) is 1.04. The molecular weight excluding hydrogens is 398 g/mol. The largest absolute Gasteiger partial charge is 0.497 e. The number of benzene rings is 1. The van der Waals surface area contributed by atoms with Crippen LogP contribution in [0.5, 0.6) is 5.75 Å². The maximum absolute atomic E-state index is 13.0. The van der Waals surface area contributed by atoms with Crippen LogP contribution in [-0.4, -0.2) is 38.3 Å². The standard InChI is InChI=1S/C19H21N3O4S2/c1-12-13(2)27-19(16(12)11-20)21-18(23)17-5-4-10-22(17)28(24,25)15-8-6-14(26-3)7-9-15/h6-9,17H,4-5,10H2,1-3H3,(H,21,23). The Kier molecular flexibility index (Phi) is 5.74. The molecule has 1 N–H and O–H groups in total. The minimum absolute atomic E-state index is 0.119. The van der Waals surface area contributed by atoms with Gasteiger partial charge in [0.05, 0.1) is 17.6 Å². The molecule has 148 valence electrons. The number of anilines is 1. The van der Waals surface area contributed by atoms with Gasteiger partial charge in [-0.1, -0.05) is 0 Å². The van der Waals surface area contributed by atoms with Crippen LogP contribution in [0.25, 0.3) is 0 Å². The molecule has 7 nitrogen and oxygen atoms in total. The van der Waals surface area contributed by atoms with Crippen molar-refractivity contribution >= 4 is 32.3 Å². The minimum atomic E-state index is -3.81. The van der Waals surface area contributed by atoms with Crippen molar-refractivity contribution in [2.45, 2.75) is 37.6 Å². The van der Waals surface area contributed by atoms with E-state index in [0.29, 0.717) is 29.2 Å². The van der Waals surface area contributed by atoms with E-state index in [0.717, 1.165) is 10.4 Å². The molecule has 1 aliphatic rings. The number of sulfonamides is 1. The van der Waals surface area contributed by atoms with Gasteiger partial charge in [-0.2, -0.15) is 9.57 Å². The molecule has 1 aromatic heterocycles. The molecule has 1 amide bonds. The highest BCUT2D eigenvalue weighted by Gasteiger charge is 2.39. The summed E-state index contributed by atoms with van der Waals surface area (Å²) in [5, 5.41) is 12.6. The van der Waals surface area contributed by atoms with Crippen molar-refractivity contribution in [3.8, 4) is 11.8 Å². The summed E-state index contributed by atoms with van der Waals surface area (Å²) >= 11 is 1.33. The summed E-state index contributed by atoms with van der Waals surface area (Å²) in [7, 11) is -2.31. The van der Waals surface area contributed by atoms with Gasteiger partial charge in [-0.3, -0.25) is 4.79 Å². The van der Waals surface area contributed by atoms with Crippen LogP contribution in [0.3, 0.4) is 0 Å². The van der Waals surface area contributed by atoms with Crippen LogP contribution in [0.1, 0.15) is 28.8 Å². The fourth-order valence-corrected chi connectivity index (χ4v) is 5.89. The Labute approximate surface area is 168 Å². The number of rotatable bonds is 5. The van der Waals surface area contributed by atoms with Gasteiger partial charge in [-0.05, 0) is 56.5 Å². The van der Waals surface area contributed by atoms with E-state index < -0.39 is 22.0 Å². The van der Waals surface area contributed by atoms with Crippen molar-refractivity contribution in [1.29, 1.82) is 5.26 Å². The van der Waals surface area contributed by atoms with Gasteiger partial charge in [-0.25, -0.2) is 8.42 Å². The third kappa shape index (κ3) is 3.63. The highest BCUT2D eigenvalue weighted by atomic mass is 32.2. The van der Waals surface area contributed by atoms with Gasteiger partial charge in [0.2, 0.25) is 15.9 Å². The Hall–Kier alpha value is -2.41. The quantitative estimate of drug-likeness (QED) is 0.803. The molecular formula is C19H21N3O4S2. The van der Waals surface area contributed by atoms with E-state index in [2.05, 4.69) is 11.4 Å². The van der Waals surface area contributed by atoms with E-state index in [1.807, 2.05) is 13.8 Å². The van der Waals surface area contributed by atoms with E-state index in [-0.39, 0.29) is 11.4 Å². The highest BCUT2D eigenvalue weighted by Crippen LogP contribution is 2.33. The summed E-state index contributed by atoms with van der Waals surface area (Å²) in [5.41, 5.74) is 1.26. The molecule has 0 radical (unpaired) electrons. The lowest BCUT2D eigenvalue weighted by atomic mass is 10.2. The Balaban J connectivity index is 1.85. The molecule has 2 aromatic rings. The van der Waals surface area contributed by atoms with Crippen LogP contribution in [0.4, 0.5) is 5.00 Å². The SMILES string of the molecule is COc1ccc(S(=O)(=O)N2CCCC2C(=O)Nc2sc(C)c(C)c2C#N)cc1. The van der Waals surface area contributed by atoms with Crippen LogP contribution >= 0.6 is 11.3 Å². The van der Waals surface area contributed by atoms with Crippen LogP contribution in [0, 0.1) is 25.2 Å². The molecule has 0 spiro atoms. The molecule has 2 heterocycles. The second-order valence-electron chi connectivity index (χ2n) is 6.54. The first-order valence-electron chi connectivity index (χ1n) is 8.76. The van der Waals surface area contributed by atoms with Gasteiger partial charge in [-0.15, -0.1) is 11.3 Å². The number of hydrogen-bond acceptors (Lipinski definition) is 6. The number of carbonyl (C=O) groups is 1. The third-order valence-corrected chi connectivity index (χ3v) is 7.95. The number of hydrogen-bond donors (Lipinski definition) is 1. The zero-order chi connectivity index (χ0) is 20.5. The van der Waals surface area contributed by atoms with Gasteiger partial charge in [0, 0.05) is 11.4 Å². The lowest BCUT2D eigenvalue weighted by Gasteiger charge is -2.23. The molecule has 0 bridgehead atoms. The predicted molar refractivity (Wildman–Crippen MR) is 107 cm³/mol. The number of ether oxygens (including phenoxy) is 1. The zero-order valence-electron chi connectivity index (χ0n) is 15.9. The maximum Gasteiger partial charge on any atom is 0.243 e. The Bertz CT molecular complexity index is 1040. The van der Waals surface area contributed by atoms with Crippen molar-refractivity contribution in [3.05, 3.63) is 40.3 Å². The van der Waals surface area contributed by atoms with E-state index >= 15 is 0 Å². The predicted octanol–water partition coefficient (Wildman–Crippen LogP) is 3.04. The fraction of sp³-hybridized carbons (Fsp3) is 0.368. The number of aryl methyl sites for hydroxylation is 1. The summed E-state index contributed by atoms with van der Waals surface area (Å²) in [6.45, 7) is 3.99. The number of nitriles is 1. The molecule has 1 aromatic carbocycles. The molecule has 3 rings (SSSR count). The average Bonchev–Trinajstić information content (AvgIpc) is 3.28. The third-order valence-electron chi connectivity index (χ3n) is 4.91. The number of nitrogens with one attached hydrogen (secondary N) is 1. The molecule has 1 aliphatic heterocycles. The highest BCUT2D eigenvalue weighted by molar-refractivity contribution is 7.89. The maximum atomic E-state index is 13.0. The normalized spacial score (nSPS) is 17.3. The first-order valence-corrected chi connectivity index (χ1v) is 11.0. The van der Waals surface area contributed by atoms with Crippen molar-refractivity contribution in [2.24, 2.45) is 0 Å². The van der Waals surface area contributed by atoms with E-state index in [9.17, 15) is 18.5 Å². The summed E-state index contributed by atoms with van der Waals surface area (Å²) in [6, 6.07) is 7.41. The van der Waals surface area contributed by atoms with Gasteiger partial charge in [0.25, 0.3) is 0 Å². The summed E-state index contributed by atoms with van der Waals surface area (Å²) < 4.78 is 32.4. The average molecular weight is 420 g/mol. The van der Waals surface area contributed by atoms with Gasteiger partial charge in [0.15, 0.2) is 0 Å². The second kappa shape index (κ2) is 7.91. The van der Waals surface area contributed by atoms with Crippen LogP contribution < -0.4 is 10.1 Å². The van der Waals surface area contributed by atoms with Gasteiger partial charge >= 0.3 is 0 Å². The zero-order valence-corrected chi connectivity index (χ0v) is 17.5. The molecule has 1 fully saturated rings. The van der Waals surface area contributed by atoms with E-state index in [1.165, 1.54) is 34.9 Å². The lowest BCUT2D eigenvalue weighted by Crippen LogP contribution is -2.43. The molecule has 1 atom stereocenters. The Morgan fingerprint density at radius 1 is 1.32 bits per heavy atom. The second-order valence-corrected chi connectivity index (χ2v) is 9.65. The summed E-state index contributed by atoms with van der Waals surface area (Å²) in [5.74, 6) is 0.148. The number of nitrogens with zero attached hydrogens (tertiary/aromatic N) is 2. The van der Waals surface area contributed by atoms with Crippen molar-refractivity contribution in [3.63, 3.8) is 0 Å². The van der Waals surface area contributed by atoms with Crippen molar-refractivity contribution in [2.75, 3.05) is 19.0 Å². The first-order chi connectivity index (χ1) is 13.3. The Morgan fingerprint density at radius 2 is 2.00 bits per heavy atom. The fourth-order valence-electron chi connectivity index (χ4n) is 3.22. The topological polar surface area (TPSA) is 99.5 Å². The Morgan fingerprint density at radius 3 is 2.61 bits per heavy atom. The van der Waals surface area contributed by atoms with Crippen molar-refractivity contribution < 1.29 is 17.9 Å². The van der Waals surface area contributed by atoms with Gasteiger partial charge in [0.1, 0.15) is 22.9 Å². The van der Waals surface area contributed by atoms with Crippen LogP contribution in [-0.2, 0) is 14.8 Å². The van der Waals surface area contributed by atoms with Crippen LogP contribution in [0.2, 0.25) is 0 Å². The lowest BCUT2D eigenvalue weighted by molar-refractivity contribution is -0.119. The van der Waals surface area contributed by atoms with Crippen molar-refractivity contribution in [1.82, 2.24) is 4.31 Å². The number of methoxy groups -OCH3 is 1. The molecule has 1 unspecified atom stereocenters. The first kappa shape index (κ1) is 20.3. The molecule has 0 aliphatic carbocycles. The van der Waals surface area contributed by atoms with Gasteiger partial charge < -0.3 is 10.1 Å². The van der Waals surface area contributed by atoms with E-state index in [1.54, 1.807) is 12.1 Å². The summed E-state index contributed by atoms with van der Waals surface area (Å²) in [4.78, 5) is 13.9. The van der Waals surface area contributed by atoms with Crippen LogP contribution in [0.15, 0.2) is 29.2 Å². The molecule has 9 heteroatoms. The smallest absolute Gasteiger partial charge is 0.243 e. The van der Waals surface area contributed by atoms with E-state index in [4.69, 9.17) is 4.74 Å². The number of carbonyl (C=O) groups excluding carboxylic acids is 1.